The number of aryl methyl sites for hydroxylation is 2. The lowest BCUT2D eigenvalue weighted by molar-refractivity contribution is -0.226. The number of alkyl halides is 2. The Balaban J connectivity index is 0.000000208. The maximum absolute atomic E-state index is 16.2. The smallest absolute Gasteiger partial charge is 0.303 e. The van der Waals surface area contributed by atoms with Gasteiger partial charge in [0.05, 0.1) is 28.1 Å². The van der Waals surface area contributed by atoms with Crippen molar-refractivity contribution in [3.63, 3.8) is 0 Å². The van der Waals surface area contributed by atoms with Gasteiger partial charge in [0, 0.05) is 31.6 Å². The second kappa shape index (κ2) is 26.5. The predicted molar refractivity (Wildman–Crippen MR) is 336 cm³/mol. The van der Waals surface area contributed by atoms with E-state index in [4.69, 9.17) is 4.74 Å². The highest BCUT2D eigenvalue weighted by atomic mass is 32.2. The summed E-state index contributed by atoms with van der Waals surface area (Å²) in [5, 5.41) is 34.3. The number of carbonyl (C=O) groups excluding carboxylic acids is 3. The van der Waals surface area contributed by atoms with E-state index in [9.17, 15) is 46.5 Å². The molecule has 0 aliphatic heterocycles. The Hall–Kier alpha value is -3.11. The third-order valence-electron chi connectivity index (χ3n) is 26.3. The molecule has 11 nitrogen and oxygen atoms in total. The first-order chi connectivity index (χ1) is 40.9. The van der Waals surface area contributed by atoms with Crippen molar-refractivity contribution in [2.45, 2.75) is 251 Å². The first-order valence-electron chi connectivity index (χ1n) is 34.0. The van der Waals surface area contributed by atoms with Crippen LogP contribution < -0.4 is 0 Å². The normalized spacial score (nSPS) is 41.2. The predicted octanol–water partition coefficient (Wildman–Crippen LogP) is 14.0. The van der Waals surface area contributed by atoms with Crippen LogP contribution in [0.5, 0.6) is 0 Å². The molecule has 8 saturated carbocycles. The number of carbonyl (C=O) groups is 3. The van der Waals surface area contributed by atoms with Gasteiger partial charge in [-0.1, -0.05) is 116 Å². The molecule has 0 bridgehead atoms. The van der Waals surface area contributed by atoms with Crippen molar-refractivity contribution in [2.24, 2.45) is 105 Å². The standard InChI is InChI=1S/C37H55FO6S.C35H53FO5S/c1-7-27-33-34(38)31(44-24(4)39)18-20-37(33,6)30-17-19-36(5)28(15-16-29(36)32(30)35(27)41)23(3)9-8-10-25(40)21-45(42,43)26-13-11-22(2)12-14-26;1-6-25-31-32(36)29(38)17-19-35(31,5)28-16-18-34(4)26(14-15-27(34)30(28)33(25)39)22(3)8-7-9-23(37)20-42(40,41)24-12-10-21(2)11-13-24/h11-14,23,27-35,41H,7-10,15-21H2,1-6H3;10-13,22,25-33,38-39H,6-9,14-20H2,1-5H3/t23-,27-,28?,29?,30?,31-,32?,33-,34+,35-,36-,37-;22-,25-,26?,27?,28?,29-,30?,31-,32+,33-,34-,35-/m11/s1. The van der Waals surface area contributed by atoms with Crippen LogP contribution >= 0.6 is 0 Å². The fraction of sp³-hybridized carbons (Fsp3) is 0.792. The van der Waals surface area contributed by atoms with Crippen molar-refractivity contribution in [3.05, 3.63) is 59.7 Å². The molecule has 24 atom stereocenters. The van der Waals surface area contributed by atoms with Gasteiger partial charge in [-0.3, -0.25) is 14.4 Å². The number of fused-ring (bicyclic) bond motifs is 10. The van der Waals surface area contributed by atoms with Crippen molar-refractivity contribution < 1.29 is 60.1 Å². The molecule has 87 heavy (non-hydrogen) atoms. The van der Waals surface area contributed by atoms with Crippen molar-refractivity contribution in [2.75, 3.05) is 11.5 Å². The Morgan fingerprint density at radius 1 is 0.552 bits per heavy atom. The Morgan fingerprint density at radius 3 is 1.31 bits per heavy atom. The van der Waals surface area contributed by atoms with E-state index in [1.807, 2.05) is 13.8 Å². The van der Waals surface area contributed by atoms with Crippen LogP contribution in [0.2, 0.25) is 0 Å². The van der Waals surface area contributed by atoms with E-state index >= 15 is 8.78 Å². The number of Topliss-reactive ketones (excluding diaryl/α,β-unsaturated/α-hetero) is 2. The van der Waals surface area contributed by atoms with Crippen molar-refractivity contribution in [3.8, 4) is 0 Å². The Morgan fingerprint density at radius 2 is 0.920 bits per heavy atom. The molecule has 8 fully saturated rings. The number of ether oxygens (including phenoxy) is 1. The lowest BCUT2D eigenvalue weighted by Crippen LogP contribution is -2.65. The summed E-state index contributed by atoms with van der Waals surface area (Å²) in [5.74, 6) is 0.708. The summed E-state index contributed by atoms with van der Waals surface area (Å²) >= 11 is 0. The molecular weight excluding hydrogens is 1140 g/mol. The van der Waals surface area contributed by atoms with Crippen LogP contribution in [0.15, 0.2) is 58.3 Å². The number of benzene rings is 2. The number of halogens is 2. The second-order valence-electron chi connectivity index (χ2n) is 30.9. The first-order valence-corrected chi connectivity index (χ1v) is 37.3. The molecule has 8 aliphatic carbocycles. The van der Waals surface area contributed by atoms with Gasteiger partial charge in [-0.2, -0.15) is 0 Å². The zero-order valence-electron chi connectivity index (χ0n) is 54.4. The molecule has 0 heterocycles. The minimum Gasteiger partial charge on any atom is -0.459 e. The highest BCUT2D eigenvalue weighted by molar-refractivity contribution is 7.92. The lowest BCUT2D eigenvalue weighted by atomic mass is 9.41. The lowest BCUT2D eigenvalue weighted by Gasteiger charge is -2.65. The molecule has 0 aromatic heterocycles. The van der Waals surface area contributed by atoms with Crippen LogP contribution in [0, 0.1) is 118 Å². The van der Waals surface area contributed by atoms with Crippen LogP contribution in [-0.2, 0) is 38.8 Å². The van der Waals surface area contributed by atoms with Gasteiger partial charge in [-0.25, -0.2) is 25.6 Å². The minimum absolute atomic E-state index is 0.0753. The number of rotatable bonds is 19. The van der Waals surface area contributed by atoms with Crippen LogP contribution in [0.3, 0.4) is 0 Å². The summed E-state index contributed by atoms with van der Waals surface area (Å²) in [6.07, 6.45) is 11.0. The maximum Gasteiger partial charge on any atom is 0.303 e. The van der Waals surface area contributed by atoms with E-state index < -0.39 is 73.9 Å². The average Bonchev–Trinajstić information content (AvgIpc) is 1.69. The minimum atomic E-state index is -3.64. The van der Waals surface area contributed by atoms with E-state index in [0.717, 1.165) is 94.6 Å². The summed E-state index contributed by atoms with van der Waals surface area (Å²) in [6, 6.07) is 13.3. The molecule has 8 aliphatic rings. The third kappa shape index (κ3) is 12.9. The SMILES string of the molecule is CC[C@@H]1[C@@H]2[C@@H](F)[C@H](O)CC[C@]2(C)C2CC[C@@]3(C)C(CCC3[C@H](C)CCCC(=O)CS(=O)(=O)c3ccc(C)cc3)C2[C@@H]1O.CC[C@@H]1[C@@H]2[C@@H](F)[C@H](OC(C)=O)CC[C@]2(C)C2CC[C@@]3(C)C(CCC3[C@H](C)CCCC(=O)CS(=O)(=O)c3ccc(C)cc3)C2[C@@H]1O. The molecule has 3 N–H and O–H groups in total. The number of hydrogen-bond acceptors (Lipinski definition) is 11. The largest absolute Gasteiger partial charge is 0.459 e. The maximum atomic E-state index is 16.2. The van der Waals surface area contributed by atoms with E-state index in [1.54, 1.807) is 48.5 Å². The molecular formula is C72H108F2O11S2. The quantitative estimate of drug-likeness (QED) is 0.114. The number of aliphatic hydroxyl groups excluding tert-OH is 3. The fourth-order valence-electron chi connectivity index (χ4n) is 22.1. The van der Waals surface area contributed by atoms with E-state index in [-0.39, 0.29) is 103 Å². The van der Waals surface area contributed by atoms with E-state index in [0.29, 0.717) is 67.6 Å². The van der Waals surface area contributed by atoms with Gasteiger partial charge in [0.2, 0.25) is 0 Å². The second-order valence-corrected chi connectivity index (χ2v) is 34.8. The van der Waals surface area contributed by atoms with Gasteiger partial charge in [0.25, 0.3) is 0 Å². The molecule has 0 spiro atoms. The highest BCUT2D eigenvalue weighted by Crippen LogP contribution is 2.72. The molecule has 15 heteroatoms. The summed E-state index contributed by atoms with van der Waals surface area (Å²) in [6.45, 7) is 23.2. The molecule has 8 unspecified atom stereocenters. The number of esters is 1. The fourth-order valence-corrected chi connectivity index (χ4v) is 24.7. The third-order valence-corrected chi connectivity index (χ3v) is 29.7. The zero-order chi connectivity index (χ0) is 63.5. The van der Waals surface area contributed by atoms with Gasteiger partial charge in [0.15, 0.2) is 19.7 Å². The molecule has 0 amide bonds. The zero-order valence-corrected chi connectivity index (χ0v) is 56.0. The van der Waals surface area contributed by atoms with Crippen LogP contribution in [0.1, 0.15) is 202 Å². The van der Waals surface area contributed by atoms with Gasteiger partial charge in [-0.05, 0) is 221 Å². The van der Waals surface area contributed by atoms with Crippen LogP contribution in [0.25, 0.3) is 0 Å². The van der Waals surface area contributed by atoms with Gasteiger partial charge in [0.1, 0.15) is 41.5 Å². The molecule has 0 saturated heterocycles. The molecule has 0 radical (unpaired) electrons. The number of ketones is 2. The Kier molecular flexibility index (Phi) is 20.8. The van der Waals surface area contributed by atoms with Crippen molar-refractivity contribution >= 4 is 37.2 Å². The molecule has 2 aromatic rings. The summed E-state index contributed by atoms with van der Waals surface area (Å²) in [5.41, 5.74) is 1.72. The number of aliphatic hydroxyl groups is 3. The summed E-state index contributed by atoms with van der Waals surface area (Å²) in [4.78, 5) is 37.5. The molecule has 488 valence electrons. The Labute approximate surface area is 521 Å². The van der Waals surface area contributed by atoms with Gasteiger partial charge >= 0.3 is 5.97 Å². The average molecular weight is 1250 g/mol. The van der Waals surface area contributed by atoms with Crippen LogP contribution in [0.4, 0.5) is 8.78 Å². The van der Waals surface area contributed by atoms with Crippen LogP contribution in [-0.4, -0.2) is 98.0 Å². The summed E-state index contributed by atoms with van der Waals surface area (Å²) in [7, 11) is -7.26. The van der Waals surface area contributed by atoms with Crippen molar-refractivity contribution in [1.29, 1.82) is 0 Å². The van der Waals surface area contributed by atoms with Gasteiger partial charge < -0.3 is 20.1 Å². The number of sulfone groups is 2. The highest BCUT2D eigenvalue weighted by Gasteiger charge is 2.69. The Bertz CT molecular complexity index is 2970. The summed E-state index contributed by atoms with van der Waals surface area (Å²) < 4.78 is 88.1. The van der Waals surface area contributed by atoms with Crippen molar-refractivity contribution in [1.82, 2.24) is 0 Å². The monoisotopic (exact) mass is 1250 g/mol. The van der Waals surface area contributed by atoms with E-state index in [1.165, 1.54) is 6.92 Å². The molecule has 10 rings (SSSR count). The first kappa shape index (κ1) is 68.3. The topological polar surface area (TPSA) is 189 Å². The molecule has 2 aromatic carbocycles. The van der Waals surface area contributed by atoms with Gasteiger partial charge in [-0.15, -0.1) is 0 Å². The van der Waals surface area contributed by atoms with E-state index in [2.05, 4.69) is 55.4 Å². The number of hydrogen-bond donors (Lipinski definition) is 3.